The van der Waals surface area contributed by atoms with Gasteiger partial charge in [-0.3, -0.25) is 4.79 Å². The van der Waals surface area contributed by atoms with Crippen LogP contribution < -0.4 is 5.32 Å². The lowest BCUT2D eigenvalue weighted by Crippen LogP contribution is -2.19. The average Bonchev–Trinajstić information content (AvgIpc) is 3.31. The highest BCUT2D eigenvalue weighted by Crippen LogP contribution is 2.31. The summed E-state index contributed by atoms with van der Waals surface area (Å²) in [6, 6.07) is 14.3. The highest BCUT2D eigenvalue weighted by molar-refractivity contribution is 7.99. The molecule has 1 fully saturated rings. The van der Waals surface area contributed by atoms with E-state index in [9.17, 15) is 4.79 Å². The Labute approximate surface area is 150 Å². The van der Waals surface area contributed by atoms with Crippen LogP contribution in [0.2, 0.25) is 0 Å². The van der Waals surface area contributed by atoms with Gasteiger partial charge in [-0.25, -0.2) is 9.67 Å². The number of hydrogen-bond donors (Lipinski definition) is 1. The number of pyridine rings is 1. The van der Waals surface area contributed by atoms with Gasteiger partial charge in [-0.05, 0) is 25.0 Å². The molecule has 0 bridgehead atoms. The number of carbonyl (C=O) groups excluding carboxylic acids is 1. The van der Waals surface area contributed by atoms with Crippen LogP contribution in [-0.4, -0.2) is 26.4 Å². The van der Waals surface area contributed by atoms with Crippen LogP contribution >= 0.6 is 11.8 Å². The van der Waals surface area contributed by atoms with Crippen LogP contribution in [0.1, 0.15) is 31.7 Å². The first kappa shape index (κ1) is 16.1. The van der Waals surface area contributed by atoms with Crippen molar-refractivity contribution in [1.82, 2.24) is 14.8 Å². The predicted octanol–water partition coefficient (Wildman–Crippen LogP) is 4.28. The molecule has 0 saturated heterocycles. The first-order valence-corrected chi connectivity index (χ1v) is 9.60. The fourth-order valence-electron chi connectivity index (χ4n) is 3.30. The number of hydrogen-bond acceptors (Lipinski definition) is 4. The van der Waals surface area contributed by atoms with Crippen molar-refractivity contribution < 1.29 is 4.79 Å². The van der Waals surface area contributed by atoms with Gasteiger partial charge in [-0.1, -0.05) is 48.9 Å². The zero-order valence-corrected chi connectivity index (χ0v) is 14.7. The van der Waals surface area contributed by atoms with Gasteiger partial charge in [0.15, 0.2) is 0 Å². The zero-order chi connectivity index (χ0) is 17.1. The molecule has 1 N–H and O–H groups in total. The van der Waals surface area contributed by atoms with Gasteiger partial charge in [0, 0.05) is 11.5 Å². The second kappa shape index (κ2) is 7.27. The Morgan fingerprint density at radius 3 is 2.88 bits per heavy atom. The Morgan fingerprint density at radius 1 is 1.16 bits per heavy atom. The Hall–Kier alpha value is -2.34. The quantitative estimate of drug-likeness (QED) is 0.696. The maximum Gasteiger partial charge on any atom is 0.235 e. The van der Waals surface area contributed by atoms with Crippen LogP contribution in [0.4, 0.5) is 5.82 Å². The molecule has 0 radical (unpaired) electrons. The molecule has 1 amide bonds. The molecule has 5 nitrogen and oxygen atoms in total. The zero-order valence-electron chi connectivity index (χ0n) is 13.9. The third kappa shape index (κ3) is 3.69. The maximum atomic E-state index is 12.3. The van der Waals surface area contributed by atoms with Crippen molar-refractivity contribution in [2.75, 3.05) is 11.1 Å². The fraction of sp³-hybridized carbons (Fsp3) is 0.316. The molecular weight excluding hydrogens is 332 g/mol. The van der Waals surface area contributed by atoms with E-state index in [4.69, 9.17) is 0 Å². The Morgan fingerprint density at radius 2 is 2.00 bits per heavy atom. The van der Waals surface area contributed by atoms with E-state index in [0.29, 0.717) is 11.8 Å². The van der Waals surface area contributed by atoms with Crippen molar-refractivity contribution in [2.45, 2.75) is 36.8 Å². The van der Waals surface area contributed by atoms with Gasteiger partial charge < -0.3 is 5.32 Å². The molecule has 3 aromatic rings. The molecule has 1 aliphatic carbocycles. The summed E-state index contributed by atoms with van der Waals surface area (Å²) >= 11 is 1.45. The van der Waals surface area contributed by atoms with Crippen LogP contribution in [0.5, 0.6) is 0 Å². The SMILES string of the molecule is O=C(CSc1ccc2ccccc2n1)Nc1ccnn1C1CCCC1. The average molecular weight is 352 g/mol. The van der Waals surface area contributed by atoms with Crippen LogP contribution in [0, 0.1) is 0 Å². The number of nitrogens with zero attached hydrogens (tertiary/aromatic N) is 3. The Balaban J connectivity index is 1.38. The second-order valence-electron chi connectivity index (χ2n) is 6.28. The molecule has 0 aliphatic heterocycles. The summed E-state index contributed by atoms with van der Waals surface area (Å²) in [5.74, 6) is 1.10. The van der Waals surface area contributed by atoms with Crippen molar-refractivity contribution in [2.24, 2.45) is 0 Å². The number of rotatable bonds is 5. The number of benzene rings is 1. The maximum absolute atomic E-state index is 12.3. The molecule has 1 aliphatic rings. The van der Waals surface area contributed by atoms with Crippen molar-refractivity contribution in [3.63, 3.8) is 0 Å². The molecule has 128 valence electrons. The first-order valence-electron chi connectivity index (χ1n) is 8.61. The van der Waals surface area contributed by atoms with Gasteiger partial charge in [0.2, 0.25) is 5.91 Å². The molecule has 1 aromatic carbocycles. The van der Waals surface area contributed by atoms with E-state index >= 15 is 0 Å². The fourth-order valence-corrected chi connectivity index (χ4v) is 3.98. The number of thioether (sulfide) groups is 1. The van der Waals surface area contributed by atoms with Gasteiger partial charge in [-0.15, -0.1) is 0 Å². The molecule has 2 heterocycles. The van der Waals surface area contributed by atoms with E-state index in [1.165, 1.54) is 24.6 Å². The number of fused-ring (bicyclic) bond motifs is 1. The van der Waals surface area contributed by atoms with Gasteiger partial charge >= 0.3 is 0 Å². The van der Waals surface area contributed by atoms with Crippen LogP contribution in [0.15, 0.2) is 53.7 Å². The summed E-state index contributed by atoms with van der Waals surface area (Å²) in [6.45, 7) is 0. The summed E-state index contributed by atoms with van der Waals surface area (Å²) in [5, 5.41) is 9.34. The Bertz CT molecular complexity index is 886. The van der Waals surface area contributed by atoms with Crippen LogP contribution in [0.3, 0.4) is 0 Å². The Kier molecular flexibility index (Phi) is 4.70. The lowest BCUT2D eigenvalue weighted by molar-refractivity contribution is -0.113. The third-order valence-electron chi connectivity index (χ3n) is 4.53. The predicted molar refractivity (Wildman–Crippen MR) is 101 cm³/mol. The van der Waals surface area contributed by atoms with Gasteiger partial charge in [-0.2, -0.15) is 5.10 Å². The summed E-state index contributed by atoms with van der Waals surface area (Å²) in [7, 11) is 0. The monoisotopic (exact) mass is 352 g/mol. The number of aromatic nitrogens is 3. The molecule has 0 atom stereocenters. The molecule has 2 aromatic heterocycles. The van der Waals surface area contributed by atoms with E-state index < -0.39 is 0 Å². The molecular formula is C19H20N4OS. The van der Waals surface area contributed by atoms with E-state index in [2.05, 4.69) is 15.4 Å². The number of carbonyl (C=O) groups is 1. The molecule has 6 heteroatoms. The van der Waals surface area contributed by atoms with Crippen LogP contribution in [0.25, 0.3) is 10.9 Å². The van der Waals surface area contributed by atoms with Crippen molar-refractivity contribution >= 4 is 34.4 Å². The normalized spacial score (nSPS) is 14.9. The topological polar surface area (TPSA) is 59.8 Å². The number of anilines is 1. The van der Waals surface area contributed by atoms with E-state index in [0.717, 1.165) is 34.6 Å². The summed E-state index contributed by atoms with van der Waals surface area (Å²) in [5.41, 5.74) is 0.951. The lowest BCUT2D eigenvalue weighted by Gasteiger charge is -2.14. The summed E-state index contributed by atoms with van der Waals surface area (Å²) in [6.07, 6.45) is 6.51. The van der Waals surface area contributed by atoms with E-state index in [1.54, 1.807) is 6.20 Å². The van der Waals surface area contributed by atoms with Crippen molar-refractivity contribution in [3.05, 3.63) is 48.7 Å². The number of amides is 1. The molecule has 25 heavy (non-hydrogen) atoms. The van der Waals surface area contributed by atoms with Crippen molar-refractivity contribution in [3.8, 4) is 0 Å². The second-order valence-corrected chi connectivity index (χ2v) is 7.27. The minimum Gasteiger partial charge on any atom is -0.310 e. The van der Waals surface area contributed by atoms with Gasteiger partial charge in [0.05, 0.1) is 28.5 Å². The van der Waals surface area contributed by atoms with Gasteiger partial charge in [0.25, 0.3) is 0 Å². The molecule has 4 rings (SSSR count). The first-order chi connectivity index (χ1) is 12.3. The third-order valence-corrected chi connectivity index (χ3v) is 5.46. The highest BCUT2D eigenvalue weighted by atomic mass is 32.2. The molecule has 1 saturated carbocycles. The minimum atomic E-state index is -0.0281. The highest BCUT2D eigenvalue weighted by Gasteiger charge is 2.20. The number of nitrogens with one attached hydrogen (secondary N) is 1. The molecule has 0 unspecified atom stereocenters. The smallest absolute Gasteiger partial charge is 0.235 e. The number of para-hydroxylation sites is 1. The molecule has 0 spiro atoms. The van der Waals surface area contributed by atoms with Crippen molar-refractivity contribution in [1.29, 1.82) is 0 Å². The summed E-state index contributed by atoms with van der Waals surface area (Å²) in [4.78, 5) is 16.9. The van der Waals surface area contributed by atoms with Crippen LogP contribution in [-0.2, 0) is 4.79 Å². The minimum absolute atomic E-state index is 0.0281. The van der Waals surface area contributed by atoms with E-state index in [1.807, 2.05) is 47.1 Å². The van der Waals surface area contributed by atoms with E-state index in [-0.39, 0.29) is 5.91 Å². The standard InChI is InChI=1S/C19H20N4OS/c24-18(22-17-11-12-20-23(17)15-6-2-3-7-15)13-25-19-10-9-14-5-1-4-8-16(14)21-19/h1,4-5,8-12,15H,2-3,6-7,13H2,(H,22,24). The lowest BCUT2D eigenvalue weighted by atomic mass is 10.2. The largest absolute Gasteiger partial charge is 0.310 e. The van der Waals surface area contributed by atoms with Gasteiger partial charge in [0.1, 0.15) is 5.82 Å². The summed E-state index contributed by atoms with van der Waals surface area (Å²) < 4.78 is 1.96.